The predicted octanol–water partition coefficient (Wildman–Crippen LogP) is -9.91. The normalized spacial score (nSPS) is 50.0. The van der Waals surface area contributed by atoms with E-state index in [1.165, 1.54) is 0 Å². The summed E-state index contributed by atoms with van der Waals surface area (Å²) < 4.78 is 35.0. The highest BCUT2D eigenvalue weighted by molar-refractivity contribution is 5.03. The van der Waals surface area contributed by atoms with Gasteiger partial charge in [-0.05, 0) is 6.42 Å². The van der Waals surface area contributed by atoms with Crippen molar-refractivity contribution in [2.75, 3.05) is 32.8 Å². The van der Waals surface area contributed by atoms with E-state index in [4.69, 9.17) is 57.1 Å². The topological polar surface area (TPSA) is 380 Å². The Morgan fingerprint density at radius 1 is 0.638 bits per heavy atom. The quantitative estimate of drug-likeness (QED) is 0.0853. The van der Waals surface area contributed by atoms with Gasteiger partial charge in [-0.25, -0.2) is 0 Å². The molecule has 3 aliphatic heterocycles. The van der Waals surface area contributed by atoms with Gasteiger partial charge in [-0.2, -0.15) is 0 Å². The molecule has 3 heterocycles. The van der Waals surface area contributed by atoms with Crippen LogP contribution < -0.4 is 34.0 Å². The summed E-state index contributed by atoms with van der Waals surface area (Å²) in [6.07, 6.45) is -21.8. The van der Waals surface area contributed by atoms with Crippen LogP contribution in [0.4, 0.5) is 0 Å². The molecule has 21 heteroatoms. The molecule has 0 aromatic carbocycles. The standard InChI is InChI=1S/C26H52N6O15/c27-2-10-16(37)18(39)13(30)24(42-10)45-21-8(29)1-9(32-4-7(35)5-33)15(36)23(21)47-26-20(41)22(12(6-34)44-26)46-25-14(31)19(40)17(38)11(3-28)43-25/h7-26,32-41H,1-6,27-31H2/t7?,8-,9+,10+,11-,12+,13+,14+,15-,16+,17+,18-,19+,20+,21+,22+,23+,24+,25+,26-/m0/s1. The van der Waals surface area contributed by atoms with Crippen molar-refractivity contribution in [2.24, 2.45) is 28.7 Å². The second kappa shape index (κ2) is 16.9. The van der Waals surface area contributed by atoms with Crippen LogP contribution in [-0.4, -0.2) is 201 Å². The van der Waals surface area contributed by atoms with Gasteiger partial charge < -0.3 is 108 Å². The fourth-order valence-corrected chi connectivity index (χ4v) is 6.26. The predicted molar refractivity (Wildman–Crippen MR) is 155 cm³/mol. The van der Waals surface area contributed by atoms with Crippen LogP contribution in [0, 0.1) is 0 Å². The fraction of sp³-hybridized carbons (Fsp3) is 1.00. The molecule has 47 heavy (non-hydrogen) atoms. The van der Waals surface area contributed by atoms with E-state index in [2.05, 4.69) is 5.32 Å². The number of aliphatic hydroxyl groups excluding tert-OH is 9. The van der Waals surface area contributed by atoms with Gasteiger partial charge in [0.15, 0.2) is 18.9 Å². The first-order valence-corrected chi connectivity index (χ1v) is 15.6. The molecule has 1 aliphatic carbocycles. The largest absolute Gasteiger partial charge is 0.394 e. The van der Waals surface area contributed by atoms with Gasteiger partial charge in [0, 0.05) is 31.7 Å². The van der Waals surface area contributed by atoms with E-state index in [1.54, 1.807) is 0 Å². The Balaban J connectivity index is 1.55. The number of ether oxygens (including phenoxy) is 6. The lowest BCUT2D eigenvalue weighted by Gasteiger charge is -2.48. The van der Waals surface area contributed by atoms with Gasteiger partial charge in [0.25, 0.3) is 0 Å². The van der Waals surface area contributed by atoms with Crippen LogP contribution in [-0.2, 0) is 28.4 Å². The second-order valence-electron chi connectivity index (χ2n) is 12.4. The highest BCUT2D eigenvalue weighted by Crippen LogP contribution is 2.34. The Kier molecular flexibility index (Phi) is 14.0. The maximum Gasteiger partial charge on any atom is 0.187 e. The molecule has 4 fully saturated rings. The first kappa shape index (κ1) is 39.0. The summed E-state index contributed by atoms with van der Waals surface area (Å²) in [6, 6.07) is -4.32. The van der Waals surface area contributed by atoms with Gasteiger partial charge in [0.1, 0.15) is 67.1 Å². The Morgan fingerprint density at radius 3 is 1.62 bits per heavy atom. The summed E-state index contributed by atoms with van der Waals surface area (Å²) in [4.78, 5) is 0. The maximum atomic E-state index is 11.5. The molecule has 20 N–H and O–H groups in total. The van der Waals surface area contributed by atoms with E-state index in [1.807, 2.05) is 0 Å². The number of hydrogen-bond donors (Lipinski definition) is 15. The molecule has 1 saturated carbocycles. The van der Waals surface area contributed by atoms with E-state index >= 15 is 0 Å². The molecule has 0 bridgehead atoms. The summed E-state index contributed by atoms with van der Waals surface area (Å²) in [5, 5.41) is 96.1. The Bertz CT molecular complexity index is 964. The van der Waals surface area contributed by atoms with Crippen LogP contribution >= 0.6 is 0 Å². The first-order valence-electron chi connectivity index (χ1n) is 15.6. The highest BCUT2D eigenvalue weighted by Gasteiger charge is 2.54. The number of hydrogen-bond acceptors (Lipinski definition) is 21. The highest BCUT2D eigenvalue weighted by atomic mass is 16.8. The van der Waals surface area contributed by atoms with Gasteiger partial charge in [-0.15, -0.1) is 0 Å². The van der Waals surface area contributed by atoms with Crippen molar-refractivity contribution in [1.82, 2.24) is 5.32 Å². The molecule has 0 amide bonds. The summed E-state index contributed by atoms with van der Waals surface area (Å²) in [6.45, 7) is -1.74. The van der Waals surface area contributed by atoms with Crippen molar-refractivity contribution < 1.29 is 74.4 Å². The minimum Gasteiger partial charge on any atom is -0.394 e. The van der Waals surface area contributed by atoms with Gasteiger partial charge in [-0.3, -0.25) is 0 Å². The molecule has 276 valence electrons. The molecule has 21 nitrogen and oxygen atoms in total. The molecule has 4 rings (SSSR count). The fourth-order valence-electron chi connectivity index (χ4n) is 6.26. The van der Waals surface area contributed by atoms with Crippen LogP contribution in [0.2, 0.25) is 0 Å². The van der Waals surface area contributed by atoms with Crippen LogP contribution in [0.5, 0.6) is 0 Å². The number of aliphatic hydroxyl groups is 9. The third-order valence-electron chi connectivity index (χ3n) is 9.15. The van der Waals surface area contributed by atoms with Crippen molar-refractivity contribution >= 4 is 0 Å². The number of nitrogens with one attached hydrogen (secondary N) is 1. The molecule has 4 aliphatic rings. The molecule has 3 saturated heterocycles. The van der Waals surface area contributed by atoms with Crippen molar-refractivity contribution in [3.8, 4) is 0 Å². The molecule has 0 aromatic heterocycles. The van der Waals surface area contributed by atoms with Crippen molar-refractivity contribution in [1.29, 1.82) is 0 Å². The lowest BCUT2D eigenvalue weighted by Crippen LogP contribution is -2.68. The van der Waals surface area contributed by atoms with E-state index in [9.17, 15) is 46.0 Å². The SMILES string of the molecule is NC[C@@H]1O[C@H](O[C@H]2[C@@H](O)[C@H](O[C@@H]3[C@@H](O)[C@H](NCC(O)CO)C[C@H](N)[C@H]3O[C@H]3O[C@H](CN)[C@@H](O)[C@@H](O)[C@H]3N)O[C@@H]2CO)[C@H](N)[C@@H](O)[C@@H]1O. The molecule has 20 atom stereocenters. The van der Waals surface area contributed by atoms with Crippen molar-refractivity contribution in [3.05, 3.63) is 0 Å². The summed E-state index contributed by atoms with van der Waals surface area (Å²) >= 11 is 0. The first-order chi connectivity index (χ1) is 22.3. The Morgan fingerprint density at radius 2 is 1.13 bits per heavy atom. The summed E-state index contributed by atoms with van der Waals surface area (Å²) in [7, 11) is 0. The average molecular weight is 689 g/mol. The zero-order valence-electron chi connectivity index (χ0n) is 25.7. The smallest absolute Gasteiger partial charge is 0.187 e. The minimum absolute atomic E-state index is 0.0454. The third-order valence-corrected chi connectivity index (χ3v) is 9.15. The molecular weight excluding hydrogens is 636 g/mol. The number of nitrogens with two attached hydrogens (primary N) is 5. The molecule has 0 spiro atoms. The van der Waals surface area contributed by atoms with Crippen LogP contribution in [0.3, 0.4) is 0 Å². The number of rotatable bonds is 13. The Hall–Kier alpha value is -0.840. The zero-order valence-corrected chi connectivity index (χ0v) is 25.7. The zero-order chi connectivity index (χ0) is 34.7. The van der Waals surface area contributed by atoms with Gasteiger partial charge >= 0.3 is 0 Å². The molecule has 0 radical (unpaired) electrons. The van der Waals surface area contributed by atoms with Gasteiger partial charge in [0.05, 0.1) is 37.5 Å². The van der Waals surface area contributed by atoms with Crippen molar-refractivity contribution in [3.63, 3.8) is 0 Å². The lowest BCUT2D eigenvalue weighted by atomic mass is 9.83. The van der Waals surface area contributed by atoms with Gasteiger partial charge in [0.2, 0.25) is 0 Å². The second-order valence-corrected chi connectivity index (χ2v) is 12.4. The molecular formula is C26H52N6O15. The lowest BCUT2D eigenvalue weighted by molar-refractivity contribution is -0.307. The van der Waals surface area contributed by atoms with E-state index < -0.39 is 136 Å². The van der Waals surface area contributed by atoms with E-state index in [0.29, 0.717) is 0 Å². The molecule has 0 aromatic rings. The minimum atomic E-state index is -1.66. The maximum absolute atomic E-state index is 11.5. The van der Waals surface area contributed by atoms with Crippen molar-refractivity contribution in [2.45, 2.75) is 129 Å². The van der Waals surface area contributed by atoms with E-state index in [-0.39, 0.29) is 26.1 Å². The Labute approximate surface area is 270 Å². The average Bonchev–Trinajstić information content (AvgIpc) is 3.36. The third kappa shape index (κ3) is 8.39. The van der Waals surface area contributed by atoms with E-state index in [0.717, 1.165) is 0 Å². The summed E-state index contributed by atoms with van der Waals surface area (Å²) in [5.74, 6) is 0. The monoisotopic (exact) mass is 688 g/mol. The van der Waals surface area contributed by atoms with Gasteiger partial charge in [-0.1, -0.05) is 0 Å². The summed E-state index contributed by atoms with van der Waals surface area (Å²) in [5.41, 5.74) is 29.9. The van der Waals surface area contributed by atoms with Crippen LogP contribution in [0.25, 0.3) is 0 Å². The van der Waals surface area contributed by atoms with Crippen LogP contribution in [0.15, 0.2) is 0 Å². The molecule has 1 unspecified atom stereocenters. The van der Waals surface area contributed by atoms with Crippen LogP contribution in [0.1, 0.15) is 6.42 Å².